The molecule has 0 amide bonds. The van der Waals surface area contributed by atoms with Crippen LogP contribution in [0.2, 0.25) is 0 Å². The number of hydrogen-bond acceptors (Lipinski definition) is 17. The molecule has 4 aliphatic heterocycles. The highest BCUT2D eigenvalue weighted by molar-refractivity contribution is 4.96. The van der Waals surface area contributed by atoms with Gasteiger partial charge in [-0.05, 0) is 20.8 Å². The molecular formula is C24H42O17. The van der Waals surface area contributed by atoms with E-state index in [2.05, 4.69) is 0 Å². The Labute approximate surface area is 235 Å². The van der Waals surface area contributed by atoms with Gasteiger partial charge in [0.15, 0.2) is 25.2 Å². The maximum atomic E-state index is 10.9. The van der Waals surface area contributed by atoms with E-state index in [9.17, 15) is 46.0 Å². The van der Waals surface area contributed by atoms with Crippen molar-refractivity contribution in [2.75, 3.05) is 13.7 Å². The third-order valence-electron chi connectivity index (χ3n) is 7.90. The molecule has 0 aromatic heterocycles. The molecule has 0 aromatic carbocycles. The van der Waals surface area contributed by atoms with E-state index in [1.54, 1.807) is 0 Å². The van der Waals surface area contributed by atoms with E-state index in [1.807, 2.05) is 0 Å². The molecule has 4 aliphatic rings. The zero-order valence-electron chi connectivity index (χ0n) is 23.0. The van der Waals surface area contributed by atoms with E-state index in [4.69, 9.17) is 37.9 Å². The summed E-state index contributed by atoms with van der Waals surface area (Å²) < 4.78 is 44.9. The summed E-state index contributed by atoms with van der Waals surface area (Å²) in [5.74, 6) is 0. The maximum absolute atomic E-state index is 10.9. The van der Waals surface area contributed by atoms with E-state index >= 15 is 0 Å². The van der Waals surface area contributed by atoms with E-state index in [0.29, 0.717) is 0 Å². The number of ether oxygens (including phenoxy) is 8. The van der Waals surface area contributed by atoms with Crippen molar-refractivity contribution in [2.45, 2.75) is 137 Å². The smallest absolute Gasteiger partial charge is 0.187 e. The summed E-state index contributed by atoms with van der Waals surface area (Å²) in [6.07, 6.45) is -26.6. The van der Waals surface area contributed by atoms with Gasteiger partial charge in [-0.25, -0.2) is 0 Å². The van der Waals surface area contributed by atoms with Crippen LogP contribution in [0.15, 0.2) is 0 Å². The lowest BCUT2D eigenvalue weighted by atomic mass is 9.96. The Morgan fingerprint density at radius 1 is 0.463 bits per heavy atom. The Balaban J connectivity index is 1.48. The van der Waals surface area contributed by atoms with Crippen molar-refractivity contribution in [1.82, 2.24) is 0 Å². The lowest BCUT2D eigenvalue weighted by Gasteiger charge is -2.49. The first-order valence-corrected chi connectivity index (χ1v) is 13.5. The highest BCUT2D eigenvalue weighted by atomic mass is 16.8. The van der Waals surface area contributed by atoms with Gasteiger partial charge >= 0.3 is 0 Å². The highest BCUT2D eigenvalue weighted by Crippen LogP contribution is 2.34. The highest BCUT2D eigenvalue weighted by Gasteiger charge is 2.54. The van der Waals surface area contributed by atoms with Crippen molar-refractivity contribution in [2.24, 2.45) is 0 Å². The minimum absolute atomic E-state index is 0.342. The second-order valence-electron chi connectivity index (χ2n) is 10.9. The summed E-state index contributed by atoms with van der Waals surface area (Å²) in [7, 11) is 1.29. The Morgan fingerprint density at radius 2 is 0.951 bits per heavy atom. The fourth-order valence-corrected chi connectivity index (χ4v) is 5.27. The molecule has 0 bridgehead atoms. The molecule has 0 aliphatic carbocycles. The van der Waals surface area contributed by atoms with Gasteiger partial charge in [0.1, 0.15) is 73.2 Å². The predicted octanol–water partition coefficient (Wildman–Crippen LogP) is -5.37. The average molecular weight is 603 g/mol. The Morgan fingerprint density at radius 3 is 1.59 bits per heavy atom. The van der Waals surface area contributed by atoms with Crippen LogP contribution in [0.3, 0.4) is 0 Å². The van der Waals surface area contributed by atoms with Gasteiger partial charge in [0.2, 0.25) is 0 Å². The average Bonchev–Trinajstić information content (AvgIpc) is 2.94. The van der Waals surface area contributed by atoms with Crippen LogP contribution in [-0.4, -0.2) is 176 Å². The topological polar surface area (TPSA) is 256 Å². The van der Waals surface area contributed by atoms with Crippen molar-refractivity contribution < 1.29 is 83.9 Å². The van der Waals surface area contributed by atoms with Crippen LogP contribution in [0.25, 0.3) is 0 Å². The minimum atomic E-state index is -1.77. The molecule has 9 N–H and O–H groups in total. The molecule has 0 saturated carbocycles. The first-order valence-electron chi connectivity index (χ1n) is 13.5. The molecule has 17 nitrogen and oxygen atoms in total. The van der Waals surface area contributed by atoms with E-state index in [-0.39, 0.29) is 6.61 Å². The van der Waals surface area contributed by atoms with Gasteiger partial charge in [-0.2, -0.15) is 0 Å². The molecule has 0 radical (unpaired) electrons. The fraction of sp³-hybridized carbons (Fsp3) is 1.00. The van der Waals surface area contributed by atoms with Gasteiger partial charge in [0, 0.05) is 7.11 Å². The van der Waals surface area contributed by atoms with Gasteiger partial charge in [-0.15, -0.1) is 0 Å². The summed E-state index contributed by atoms with van der Waals surface area (Å²) in [5.41, 5.74) is 0. The second-order valence-corrected chi connectivity index (χ2v) is 10.9. The van der Waals surface area contributed by atoms with Crippen LogP contribution in [0.5, 0.6) is 0 Å². The summed E-state index contributed by atoms with van der Waals surface area (Å²) in [4.78, 5) is 0. The van der Waals surface area contributed by atoms with Crippen LogP contribution in [0.4, 0.5) is 0 Å². The quantitative estimate of drug-likeness (QED) is 0.132. The minimum Gasteiger partial charge on any atom is -0.388 e. The van der Waals surface area contributed by atoms with Crippen LogP contribution in [-0.2, 0) is 37.9 Å². The van der Waals surface area contributed by atoms with E-state index in [1.165, 1.54) is 27.9 Å². The summed E-state index contributed by atoms with van der Waals surface area (Å²) in [6, 6.07) is 0. The first-order chi connectivity index (χ1) is 19.3. The largest absolute Gasteiger partial charge is 0.388 e. The summed E-state index contributed by atoms with van der Waals surface area (Å²) in [5, 5.41) is 93.1. The fourth-order valence-electron chi connectivity index (χ4n) is 5.27. The predicted molar refractivity (Wildman–Crippen MR) is 128 cm³/mol. The van der Waals surface area contributed by atoms with Crippen molar-refractivity contribution in [1.29, 1.82) is 0 Å². The van der Waals surface area contributed by atoms with Crippen LogP contribution >= 0.6 is 0 Å². The third kappa shape index (κ3) is 6.71. The number of hydrogen-bond donors (Lipinski definition) is 9. The maximum Gasteiger partial charge on any atom is 0.187 e. The Hall–Kier alpha value is -0.680. The molecule has 0 unspecified atom stereocenters. The summed E-state index contributed by atoms with van der Waals surface area (Å²) >= 11 is 0. The molecule has 4 rings (SSSR count). The number of methoxy groups -OCH3 is 1. The van der Waals surface area contributed by atoms with Gasteiger partial charge in [0.05, 0.1) is 24.9 Å². The van der Waals surface area contributed by atoms with Gasteiger partial charge < -0.3 is 83.9 Å². The zero-order chi connectivity index (χ0) is 30.3. The number of aliphatic hydroxyl groups is 9. The van der Waals surface area contributed by atoms with Crippen molar-refractivity contribution in [3.8, 4) is 0 Å². The van der Waals surface area contributed by atoms with Gasteiger partial charge in [-0.1, -0.05) is 0 Å². The third-order valence-corrected chi connectivity index (χ3v) is 7.90. The van der Waals surface area contributed by atoms with Crippen LogP contribution < -0.4 is 0 Å². The SMILES string of the molecule is CO[C@H]1O[C@H](C)[C@@H](O)[C@H](O[C@@H]2O[C@@H](C)[C@H](O)[C@@H](O)[C@H]2O)[C@H]1O[C@@H]1O[C@@H](C)[C@H](O[C@@H]2OC[C@@H](O)[C@H](O)[C@H]2O)[C@@H](O)[C@H]1O. The van der Waals surface area contributed by atoms with Crippen LogP contribution in [0, 0.1) is 0 Å². The lowest BCUT2D eigenvalue weighted by Crippen LogP contribution is -2.66. The molecule has 41 heavy (non-hydrogen) atoms. The Kier molecular flexibility index (Phi) is 11.0. The van der Waals surface area contributed by atoms with E-state index < -0.39 is 117 Å². The standard InChI is InChI=1S/C24H42O17/c1-6-10(26)13(29)16(32)22(36-6)40-19-11(27)7(2)37-24(34-4)20(19)41-23-17(33)14(30)18(8(3)38-23)39-21-15(31)12(28)9(25)5-35-21/h6-33H,5H2,1-4H3/t6-,7+,8-,9+,10-,11+,12-,13+,14-,15+,16+,17+,18-,19-,20+,21-,22-,23-,24-/m0/s1. The molecular weight excluding hydrogens is 560 g/mol. The monoisotopic (exact) mass is 602 g/mol. The van der Waals surface area contributed by atoms with Crippen molar-refractivity contribution in [3.05, 3.63) is 0 Å². The molecule has 0 spiro atoms. The van der Waals surface area contributed by atoms with Gasteiger partial charge in [0.25, 0.3) is 0 Å². The summed E-state index contributed by atoms with van der Waals surface area (Å²) in [6.45, 7) is 4.12. The molecule has 240 valence electrons. The molecule has 0 aromatic rings. The molecule has 19 atom stereocenters. The van der Waals surface area contributed by atoms with Crippen LogP contribution in [0.1, 0.15) is 20.8 Å². The zero-order valence-corrected chi connectivity index (χ0v) is 23.0. The second kappa shape index (κ2) is 13.5. The molecule has 4 fully saturated rings. The number of aliphatic hydroxyl groups excluding tert-OH is 9. The van der Waals surface area contributed by atoms with Crippen molar-refractivity contribution >= 4 is 0 Å². The Bertz CT molecular complexity index is 838. The van der Waals surface area contributed by atoms with E-state index in [0.717, 1.165) is 0 Å². The normalized spacial score (nSPS) is 55.1. The lowest BCUT2D eigenvalue weighted by molar-refractivity contribution is -0.391. The molecule has 4 saturated heterocycles. The first kappa shape index (κ1) is 33.2. The van der Waals surface area contributed by atoms with Crippen molar-refractivity contribution in [3.63, 3.8) is 0 Å². The number of rotatable bonds is 7. The van der Waals surface area contributed by atoms with Gasteiger partial charge in [-0.3, -0.25) is 0 Å². The molecule has 4 heterocycles. The molecule has 17 heteroatoms.